The Morgan fingerprint density at radius 3 is 2.15 bits per heavy atom. The minimum atomic E-state index is -0.490. The molecular weight excluding hydrogens is 482 g/mol. The standard InChI is InChI=1S/C34H43N3O2/c1-23-24(2)32-30(25(3)31(23)35)21-34(4,39-32)22-37(33(38)28-15-18-36-19-16-28)20-17-29(26-11-7-5-8-12-26)27-13-9-6-10-14-27/h5-14,28-29,36H,15-22,35H2,1-4H3. The Morgan fingerprint density at radius 1 is 0.974 bits per heavy atom. The van der Waals surface area contributed by atoms with Gasteiger partial charge in [0.1, 0.15) is 11.4 Å². The highest BCUT2D eigenvalue weighted by Gasteiger charge is 2.41. The van der Waals surface area contributed by atoms with Gasteiger partial charge in [-0.25, -0.2) is 0 Å². The lowest BCUT2D eigenvalue weighted by Gasteiger charge is -2.36. The number of carbonyl (C=O) groups is 1. The molecule has 5 nitrogen and oxygen atoms in total. The van der Waals surface area contributed by atoms with E-state index in [1.807, 2.05) is 0 Å². The van der Waals surface area contributed by atoms with Crippen LogP contribution >= 0.6 is 0 Å². The summed E-state index contributed by atoms with van der Waals surface area (Å²) in [5, 5.41) is 3.41. The van der Waals surface area contributed by atoms with E-state index in [4.69, 9.17) is 10.5 Å². The Balaban J connectivity index is 1.42. The summed E-state index contributed by atoms with van der Waals surface area (Å²) in [4.78, 5) is 16.2. The number of carbonyl (C=O) groups excluding carboxylic acids is 1. The number of hydrogen-bond donors (Lipinski definition) is 2. The van der Waals surface area contributed by atoms with Gasteiger partial charge in [0.25, 0.3) is 0 Å². The van der Waals surface area contributed by atoms with Crippen molar-refractivity contribution in [2.45, 2.75) is 64.9 Å². The maximum Gasteiger partial charge on any atom is 0.225 e. The summed E-state index contributed by atoms with van der Waals surface area (Å²) in [5.41, 5.74) is 13.9. The third kappa shape index (κ3) is 5.69. The molecule has 1 fully saturated rings. The molecule has 39 heavy (non-hydrogen) atoms. The lowest BCUT2D eigenvalue weighted by Crippen LogP contribution is -2.50. The second kappa shape index (κ2) is 11.4. The predicted octanol–water partition coefficient (Wildman–Crippen LogP) is 5.94. The molecule has 3 aromatic rings. The molecule has 0 radical (unpaired) electrons. The maximum atomic E-state index is 14.1. The minimum absolute atomic E-state index is 0.0619. The fourth-order valence-electron chi connectivity index (χ4n) is 6.49. The van der Waals surface area contributed by atoms with Gasteiger partial charge in [-0.1, -0.05) is 60.7 Å². The molecular formula is C34H43N3O2. The van der Waals surface area contributed by atoms with Gasteiger partial charge in [-0.05, 0) is 87.9 Å². The normalized spacial score (nSPS) is 19.1. The van der Waals surface area contributed by atoms with Crippen LogP contribution in [0.1, 0.15) is 65.5 Å². The average Bonchev–Trinajstić information content (AvgIpc) is 3.33. The highest BCUT2D eigenvalue weighted by atomic mass is 16.5. The number of hydrogen-bond acceptors (Lipinski definition) is 4. The van der Waals surface area contributed by atoms with Crippen molar-refractivity contribution in [3.05, 3.63) is 94.0 Å². The number of piperidine rings is 1. The van der Waals surface area contributed by atoms with Crippen LogP contribution in [-0.2, 0) is 11.2 Å². The van der Waals surface area contributed by atoms with Gasteiger partial charge < -0.3 is 20.7 Å². The molecule has 2 aliphatic heterocycles. The number of anilines is 1. The second-order valence-corrected chi connectivity index (χ2v) is 11.8. The van der Waals surface area contributed by atoms with Crippen LogP contribution in [0.25, 0.3) is 0 Å². The summed E-state index contributed by atoms with van der Waals surface area (Å²) in [6, 6.07) is 21.3. The number of benzene rings is 3. The van der Waals surface area contributed by atoms with E-state index in [-0.39, 0.29) is 17.7 Å². The third-order valence-electron chi connectivity index (χ3n) is 8.95. The Bertz CT molecular complexity index is 1220. The topological polar surface area (TPSA) is 67.6 Å². The number of nitrogens with one attached hydrogen (secondary N) is 1. The van der Waals surface area contributed by atoms with Gasteiger partial charge in [0, 0.05) is 36.1 Å². The zero-order valence-electron chi connectivity index (χ0n) is 23.9. The summed E-state index contributed by atoms with van der Waals surface area (Å²) in [5.74, 6) is 1.51. The van der Waals surface area contributed by atoms with E-state index in [9.17, 15) is 4.79 Å². The van der Waals surface area contributed by atoms with Gasteiger partial charge in [0.05, 0.1) is 6.54 Å². The fraction of sp³-hybridized carbons (Fsp3) is 0.441. The van der Waals surface area contributed by atoms with Gasteiger partial charge in [0.2, 0.25) is 5.91 Å². The molecule has 0 saturated carbocycles. The van der Waals surface area contributed by atoms with Crippen molar-refractivity contribution in [2.75, 3.05) is 31.9 Å². The van der Waals surface area contributed by atoms with E-state index < -0.39 is 5.60 Å². The van der Waals surface area contributed by atoms with E-state index in [1.54, 1.807) is 0 Å². The SMILES string of the molecule is Cc1c(C)c2c(c(C)c1N)CC(C)(CN(CCC(c1ccccc1)c1ccccc1)C(=O)C1CCNCC1)O2. The van der Waals surface area contributed by atoms with Crippen molar-refractivity contribution in [3.8, 4) is 5.75 Å². The molecule has 0 bridgehead atoms. The fourth-order valence-corrected chi connectivity index (χ4v) is 6.49. The van der Waals surface area contributed by atoms with Crippen molar-refractivity contribution in [2.24, 2.45) is 5.92 Å². The molecule has 5 rings (SSSR count). The number of nitrogens with zero attached hydrogens (tertiary/aromatic N) is 1. The Hall–Kier alpha value is -3.31. The van der Waals surface area contributed by atoms with Gasteiger partial charge in [-0.3, -0.25) is 4.79 Å². The summed E-state index contributed by atoms with van der Waals surface area (Å²) in [6.45, 7) is 11.5. The Kier molecular flexibility index (Phi) is 7.99. The van der Waals surface area contributed by atoms with Crippen LogP contribution in [0.3, 0.4) is 0 Å². The second-order valence-electron chi connectivity index (χ2n) is 11.8. The molecule has 0 aliphatic carbocycles. The van der Waals surface area contributed by atoms with Gasteiger partial charge >= 0.3 is 0 Å². The van der Waals surface area contributed by atoms with Crippen molar-refractivity contribution >= 4 is 11.6 Å². The first-order chi connectivity index (χ1) is 18.8. The number of nitrogen functional groups attached to an aromatic ring is 1. The molecule has 0 spiro atoms. The lowest BCUT2D eigenvalue weighted by atomic mass is 9.87. The van der Waals surface area contributed by atoms with Crippen molar-refractivity contribution in [1.82, 2.24) is 10.2 Å². The zero-order chi connectivity index (χ0) is 27.6. The summed E-state index contributed by atoms with van der Waals surface area (Å²) >= 11 is 0. The minimum Gasteiger partial charge on any atom is -0.485 e. The first-order valence-corrected chi connectivity index (χ1v) is 14.4. The van der Waals surface area contributed by atoms with Crippen molar-refractivity contribution in [1.29, 1.82) is 0 Å². The zero-order valence-corrected chi connectivity index (χ0v) is 23.9. The predicted molar refractivity (Wildman–Crippen MR) is 159 cm³/mol. The van der Waals surface area contributed by atoms with E-state index in [2.05, 4.69) is 98.6 Å². The van der Waals surface area contributed by atoms with Crippen LogP contribution in [0.15, 0.2) is 60.7 Å². The molecule has 1 unspecified atom stereocenters. The molecule has 3 aromatic carbocycles. The quantitative estimate of drug-likeness (QED) is 0.357. The van der Waals surface area contributed by atoms with Crippen molar-refractivity contribution < 1.29 is 9.53 Å². The number of rotatable bonds is 8. The third-order valence-corrected chi connectivity index (χ3v) is 8.95. The van der Waals surface area contributed by atoms with E-state index in [0.29, 0.717) is 13.1 Å². The molecule has 1 saturated heterocycles. The molecule has 206 valence electrons. The summed E-state index contributed by atoms with van der Waals surface area (Å²) in [6.07, 6.45) is 3.40. The largest absolute Gasteiger partial charge is 0.485 e. The van der Waals surface area contributed by atoms with Crippen LogP contribution in [0, 0.1) is 26.7 Å². The molecule has 0 aromatic heterocycles. The van der Waals surface area contributed by atoms with E-state index in [1.165, 1.54) is 16.7 Å². The molecule has 5 heteroatoms. The summed E-state index contributed by atoms with van der Waals surface area (Å²) < 4.78 is 6.72. The average molecular weight is 526 g/mol. The molecule has 1 atom stereocenters. The number of amides is 1. The van der Waals surface area contributed by atoms with Crippen LogP contribution < -0.4 is 15.8 Å². The monoisotopic (exact) mass is 525 g/mol. The van der Waals surface area contributed by atoms with Crippen LogP contribution in [0.5, 0.6) is 5.75 Å². The maximum absolute atomic E-state index is 14.1. The molecule has 1 amide bonds. The van der Waals surface area contributed by atoms with Crippen LogP contribution in [0.4, 0.5) is 5.69 Å². The summed E-state index contributed by atoms with van der Waals surface area (Å²) in [7, 11) is 0. The first-order valence-electron chi connectivity index (χ1n) is 14.4. The van der Waals surface area contributed by atoms with Crippen molar-refractivity contribution in [3.63, 3.8) is 0 Å². The number of ether oxygens (including phenoxy) is 1. The van der Waals surface area contributed by atoms with E-state index >= 15 is 0 Å². The van der Waals surface area contributed by atoms with Gasteiger partial charge in [-0.15, -0.1) is 0 Å². The van der Waals surface area contributed by atoms with Gasteiger partial charge in [0.15, 0.2) is 0 Å². The highest BCUT2D eigenvalue weighted by molar-refractivity contribution is 5.79. The number of nitrogens with two attached hydrogens (primary N) is 1. The van der Waals surface area contributed by atoms with Crippen LogP contribution in [-0.4, -0.2) is 42.6 Å². The van der Waals surface area contributed by atoms with Crippen LogP contribution in [0.2, 0.25) is 0 Å². The smallest absolute Gasteiger partial charge is 0.225 e. The highest BCUT2D eigenvalue weighted by Crippen LogP contribution is 2.44. The molecule has 2 aliphatic rings. The molecule has 2 heterocycles. The molecule has 3 N–H and O–H groups in total. The lowest BCUT2D eigenvalue weighted by molar-refractivity contribution is -0.139. The number of fused-ring (bicyclic) bond motifs is 1. The van der Waals surface area contributed by atoms with E-state index in [0.717, 1.165) is 66.9 Å². The van der Waals surface area contributed by atoms with Gasteiger partial charge in [-0.2, -0.15) is 0 Å². The first kappa shape index (κ1) is 27.3. The Labute approximate surface area is 233 Å². The Morgan fingerprint density at radius 2 is 1.56 bits per heavy atom.